The Balaban J connectivity index is 1.48. The minimum Gasteiger partial charge on any atom is -0.337 e. The molecule has 3 aromatic rings. The van der Waals surface area contributed by atoms with Gasteiger partial charge in [0.05, 0.1) is 17.3 Å². The zero-order valence-corrected chi connectivity index (χ0v) is 15.3. The van der Waals surface area contributed by atoms with E-state index in [9.17, 15) is 4.79 Å². The molecule has 1 saturated heterocycles. The van der Waals surface area contributed by atoms with Gasteiger partial charge < -0.3 is 4.90 Å². The molecule has 1 unspecified atom stereocenters. The van der Waals surface area contributed by atoms with Gasteiger partial charge in [0, 0.05) is 31.1 Å². The normalized spacial score (nSPS) is 17.3. The number of aromatic amines is 1. The smallest absolute Gasteiger partial charge is 0.256 e. The highest BCUT2D eigenvalue weighted by Crippen LogP contribution is 2.23. The molecule has 0 saturated carbocycles. The van der Waals surface area contributed by atoms with Crippen LogP contribution in [0.15, 0.2) is 48.7 Å². The van der Waals surface area contributed by atoms with E-state index in [2.05, 4.69) is 52.5 Å². The molecule has 2 aromatic carbocycles. The van der Waals surface area contributed by atoms with Gasteiger partial charge in [0.2, 0.25) is 0 Å². The average molecular weight is 348 g/mol. The second-order valence-corrected chi connectivity index (χ2v) is 7.24. The number of rotatable bonds is 4. The van der Waals surface area contributed by atoms with E-state index in [0.29, 0.717) is 6.04 Å². The molecule has 1 aromatic heterocycles. The fourth-order valence-corrected chi connectivity index (χ4v) is 3.83. The van der Waals surface area contributed by atoms with Crippen molar-refractivity contribution in [2.45, 2.75) is 25.9 Å². The number of hydrogen-bond acceptors (Lipinski definition) is 3. The number of likely N-dealkylation sites (tertiary alicyclic amines) is 1. The van der Waals surface area contributed by atoms with Crippen molar-refractivity contribution in [3.05, 3.63) is 65.4 Å². The van der Waals surface area contributed by atoms with Crippen LogP contribution in [0.5, 0.6) is 0 Å². The molecular weight excluding hydrogens is 324 g/mol. The third kappa shape index (κ3) is 3.22. The second-order valence-electron chi connectivity index (χ2n) is 7.24. The molecule has 1 aliphatic heterocycles. The number of fused-ring (bicyclic) bond motifs is 1. The van der Waals surface area contributed by atoms with Crippen molar-refractivity contribution in [1.82, 2.24) is 20.0 Å². The van der Waals surface area contributed by atoms with E-state index in [1.54, 1.807) is 6.20 Å². The van der Waals surface area contributed by atoms with Gasteiger partial charge in [-0.2, -0.15) is 5.10 Å². The van der Waals surface area contributed by atoms with Crippen LogP contribution in [0, 0.1) is 6.92 Å². The highest BCUT2D eigenvalue weighted by molar-refractivity contribution is 6.05. The predicted molar refractivity (Wildman–Crippen MR) is 103 cm³/mol. The third-order valence-electron chi connectivity index (χ3n) is 5.27. The Morgan fingerprint density at radius 2 is 2.12 bits per heavy atom. The number of hydrogen-bond donors (Lipinski definition) is 1. The van der Waals surface area contributed by atoms with Crippen LogP contribution in [0.25, 0.3) is 10.9 Å². The van der Waals surface area contributed by atoms with Gasteiger partial charge in [-0.05, 0) is 43.7 Å². The number of aromatic nitrogens is 2. The number of amides is 1. The number of carbonyl (C=O) groups excluding carboxylic acids is 1. The molecule has 2 heterocycles. The van der Waals surface area contributed by atoms with Gasteiger partial charge in [-0.1, -0.05) is 30.3 Å². The number of likely N-dealkylation sites (N-methyl/N-ethyl adjacent to an activating group) is 1. The topological polar surface area (TPSA) is 52.2 Å². The van der Waals surface area contributed by atoms with Gasteiger partial charge in [0.1, 0.15) is 0 Å². The fraction of sp³-hybridized carbons (Fsp3) is 0.333. The average Bonchev–Trinajstić information content (AvgIpc) is 3.30. The summed E-state index contributed by atoms with van der Waals surface area (Å²) in [5, 5.41) is 8.07. The maximum atomic E-state index is 13.1. The molecule has 1 aliphatic rings. The standard InChI is InChI=1S/C21H24N4O/c1-15-10-17-12-22-23-20(17)19(11-15)21(26)25-9-8-18(14-25)24(2)13-16-6-4-3-5-7-16/h3-7,10-12,18H,8-9,13-14H2,1-2H3,(H,22,23). The van der Waals surface area contributed by atoms with Gasteiger partial charge in [-0.25, -0.2) is 0 Å². The van der Waals surface area contributed by atoms with Crippen LogP contribution < -0.4 is 0 Å². The molecule has 1 atom stereocenters. The number of benzene rings is 2. The van der Waals surface area contributed by atoms with E-state index in [0.717, 1.165) is 48.1 Å². The van der Waals surface area contributed by atoms with Gasteiger partial charge in [0.15, 0.2) is 0 Å². The lowest BCUT2D eigenvalue weighted by molar-refractivity contribution is 0.0781. The first-order valence-corrected chi connectivity index (χ1v) is 9.09. The van der Waals surface area contributed by atoms with Gasteiger partial charge in [-0.3, -0.25) is 14.8 Å². The number of aryl methyl sites for hydroxylation is 1. The van der Waals surface area contributed by atoms with Crippen molar-refractivity contribution in [3.63, 3.8) is 0 Å². The summed E-state index contributed by atoms with van der Waals surface area (Å²) in [6, 6.07) is 14.9. The minimum absolute atomic E-state index is 0.0959. The Labute approximate surface area is 153 Å². The van der Waals surface area contributed by atoms with Gasteiger partial charge in [0.25, 0.3) is 5.91 Å². The first-order valence-electron chi connectivity index (χ1n) is 9.09. The minimum atomic E-state index is 0.0959. The number of nitrogens with zero attached hydrogens (tertiary/aromatic N) is 3. The lowest BCUT2D eigenvalue weighted by Gasteiger charge is -2.25. The van der Waals surface area contributed by atoms with Gasteiger partial charge in [-0.15, -0.1) is 0 Å². The van der Waals surface area contributed by atoms with Crippen LogP contribution in [-0.2, 0) is 6.54 Å². The first-order chi connectivity index (χ1) is 12.6. The van der Waals surface area contributed by atoms with Crippen LogP contribution in [0.2, 0.25) is 0 Å². The second kappa shape index (κ2) is 6.92. The lowest BCUT2D eigenvalue weighted by atomic mass is 10.1. The maximum absolute atomic E-state index is 13.1. The number of nitrogens with one attached hydrogen (secondary N) is 1. The monoisotopic (exact) mass is 348 g/mol. The molecule has 0 spiro atoms. The quantitative estimate of drug-likeness (QED) is 0.788. The summed E-state index contributed by atoms with van der Waals surface area (Å²) >= 11 is 0. The Kier molecular flexibility index (Phi) is 4.47. The van der Waals surface area contributed by atoms with E-state index >= 15 is 0 Å². The SMILES string of the molecule is Cc1cc(C(=O)N2CCC(N(C)Cc3ccccc3)C2)c2[nH]ncc2c1. The summed E-state index contributed by atoms with van der Waals surface area (Å²) in [7, 11) is 2.14. The van der Waals surface area contributed by atoms with Crippen LogP contribution in [0.4, 0.5) is 0 Å². The Morgan fingerprint density at radius 3 is 2.92 bits per heavy atom. The van der Waals surface area contributed by atoms with Crippen LogP contribution in [-0.4, -0.2) is 52.1 Å². The van der Waals surface area contributed by atoms with E-state index in [1.165, 1.54) is 5.56 Å². The maximum Gasteiger partial charge on any atom is 0.256 e. The Hall–Kier alpha value is -2.66. The van der Waals surface area contributed by atoms with Crippen LogP contribution in [0.3, 0.4) is 0 Å². The molecule has 1 fully saturated rings. The molecule has 134 valence electrons. The van der Waals surface area contributed by atoms with Crippen molar-refractivity contribution in [3.8, 4) is 0 Å². The Bertz CT molecular complexity index is 918. The summed E-state index contributed by atoms with van der Waals surface area (Å²) in [5.41, 5.74) is 3.95. The molecule has 4 rings (SSSR count). The fourth-order valence-electron chi connectivity index (χ4n) is 3.83. The molecule has 0 bridgehead atoms. The van der Waals surface area contributed by atoms with Crippen LogP contribution >= 0.6 is 0 Å². The highest BCUT2D eigenvalue weighted by atomic mass is 16.2. The zero-order valence-electron chi connectivity index (χ0n) is 15.3. The van der Waals surface area contributed by atoms with Crippen molar-refractivity contribution < 1.29 is 4.79 Å². The molecular formula is C21H24N4O. The summed E-state index contributed by atoms with van der Waals surface area (Å²) in [5.74, 6) is 0.0959. The van der Waals surface area contributed by atoms with E-state index in [-0.39, 0.29) is 5.91 Å². The molecule has 26 heavy (non-hydrogen) atoms. The molecule has 0 aliphatic carbocycles. The number of H-pyrrole nitrogens is 1. The molecule has 5 heteroatoms. The van der Waals surface area contributed by atoms with Crippen molar-refractivity contribution >= 4 is 16.8 Å². The Morgan fingerprint density at radius 1 is 1.31 bits per heavy atom. The highest BCUT2D eigenvalue weighted by Gasteiger charge is 2.30. The zero-order chi connectivity index (χ0) is 18.1. The van der Waals surface area contributed by atoms with E-state index in [1.807, 2.05) is 24.0 Å². The largest absolute Gasteiger partial charge is 0.337 e. The van der Waals surface area contributed by atoms with Crippen molar-refractivity contribution in [1.29, 1.82) is 0 Å². The van der Waals surface area contributed by atoms with Crippen molar-refractivity contribution in [2.24, 2.45) is 0 Å². The van der Waals surface area contributed by atoms with Crippen LogP contribution in [0.1, 0.15) is 27.9 Å². The first kappa shape index (κ1) is 16.8. The predicted octanol–water partition coefficient (Wildman–Crippen LogP) is 3.22. The third-order valence-corrected chi connectivity index (χ3v) is 5.27. The molecule has 1 amide bonds. The molecule has 0 radical (unpaired) electrons. The summed E-state index contributed by atoms with van der Waals surface area (Å²) in [4.78, 5) is 17.4. The summed E-state index contributed by atoms with van der Waals surface area (Å²) in [6.07, 6.45) is 2.78. The lowest BCUT2D eigenvalue weighted by Crippen LogP contribution is -2.36. The van der Waals surface area contributed by atoms with E-state index < -0.39 is 0 Å². The van der Waals surface area contributed by atoms with E-state index in [4.69, 9.17) is 0 Å². The number of carbonyl (C=O) groups is 1. The summed E-state index contributed by atoms with van der Waals surface area (Å²) in [6.45, 7) is 4.49. The van der Waals surface area contributed by atoms with Gasteiger partial charge >= 0.3 is 0 Å². The molecule has 5 nitrogen and oxygen atoms in total. The molecule has 1 N–H and O–H groups in total. The summed E-state index contributed by atoms with van der Waals surface area (Å²) < 4.78 is 0. The van der Waals surface area contributed by atoms with Crippen molar-refractivity contribution in [2.75, 3.05) is 20.1 Å².